The van der Waals surface area contributed by atoms with Crippen molar-refractivity contribution < 1.29 is 9.53 Å². The van der Waals surface area contributed by atoms with Gasteiger partial charge in [-0.1, -0.05) is 20.4 Å². The fraction of sp³-hybridized carbons (Fsp3) is 0.625. The van der Waals surface area contributed by atoms with E-state index >= 15 is 0 Å². The van der Waals surface area contributed by atoms with Gasteiger partial charge in [-0.2, -0.15) is 0 Å². The summed E-state index contributed by atoms with van der Waals surface area (Å²) in [5, 5.41) is 2.64. The zero-order valence-electron chi connectivity index (χ0n) is 7.26. The number of carbonyl (C=O) groups is 1. The molecule has 0 aliphatic rings. The van der Waals surface area contributed by atoms with Crippen molar-refractivity contribution in [2.75, 3.05) is 7.11 Å². The number of nitrogens with one attached hydrogen (secondary N) is 1. The lowest BCUT2D eigenvalue weighted by Crippen LogP contribution is -2.38. The third-order valence-corrected chi connectivity index (χ3v) is 1.33. The molecule has 0 fully saturated rings. The predicted molar refractivity (Wildman–Crippen MR) is 44.0 cm³/mol. The van der Waals surface area contributed by atoms with E-state index < -0.39 is 0 Å². The average Bonchev–Trinajstić information content (AvgIpc) is 1.99. The van der Waals surface area contributed by atoms with Gasteiger partial charge in [-0.05, 0) is 12.0 Å². The first-order valence-corrected chi connectivity index (χ1v) is 3.57. The molecule has 3 nitrogen and oxygen atoms in total. The van der Waals surface area contributed by atoms with Gasteiger partial charge in [-0.25, -0.2) is 0 Å². The minimum Gasteiger partial charge on any atom is -0.361 e. The Morgan fingerprint density at radius 2 is 2.18 bits per heavy atom. The van der Waals surface area contributed by atoms with Gasteiger partial charge in [0.15, 0.2) is 0 Å². The number of rotatable bonds is 4. The molecule has 0 saturated carbocycles. The molecule has 1 unspecified atom stereocenters. The highest BCUT2D eigenvalue weighted by Crippen LogP contribution is 2.00. The van der Waals surface area contributed by atoms with Crippen LogP contribution in [0.1, 0.15) is 13.8 Å². The van der Waals surface area contributed by atoms with Crippen LogP contribution in [0.5, 0.6) is 0 Å². The molecule has 11 heavy (non-hydrogen) atoms. The van der Waals surface area contributed by atoms with Gasteiger partial charge in [-0.3, -0.25) is 4.79 Å². The van der Waals surface area contributed by atoms with E-state index in [9.17, 15) is 4.79 Å². The molecule has 0 aromatic carbocycles. The first-order valence-electron chi connectivity index (χ1n) is 3.57. The maximum atomic E-state index is 10.8. The summed E-state index contributed by atoms with van der Waals surface area (Å²) in [6.07, 6.45) is 1.01. The van der Waals surface area contributed by atoms with Crippen LogP contribution >= 0.6 is 0 Å². The predicted octanol–water partition coefficient (Wildman–Crippen LogP) is 0.917. The van der Waals surface area contributed by atoms with Crippen LogP contribution in [0.15, 0.2) is 12.7 Å². The zero-order chi connectivity index (χ0) is 8.85. The lowest BCUT2D eigenvalue weighted by atomic mass is 10.2. The molecule has 0 radical (unpaired) electrons. The molecule has 1 atom stereocenters. The van der Waals surface area contributed by atoms with Crippen LogP contribution in [-0.2, 0) is 9.53 Å². The van der Waals surface area contributed by atoms with Crippen molar-refractivity contribution in [2.45, 2.75) is 20.1 Å². The summed E-state index contributed by atoms with van der Waals surface area (Å²) in [6.45, 7) is 7.28. The number of hydrogen-bond donors (Lipinski definition) is 1. The van der Waals surface area contributed by atoms with Crippen LogP contribution in [0.3, 0.4) is 0 Å². The molecule has 0 aromatic rings. The van der Waals surface area contributed by atoms with E-state index in [-0.39, 0.29) is 18.1 Å². The molecule has 0 spiro atoms. The van der Waals surface area contributed by atoms with Crippen molar-refractivity contribution in [3.63, 3.8) is 0 Å². The van der Waals surface area contributed by atoms with E-state index in [1.165, 1.54) is 6.08 Å². The fourth-order valence-electron chi connectivity index (χ4n) is 0.697. The van der Waals surface area contributed by atoms with E-state index in [2.05, 4.69) is 11.9 Å². The lowest BCUT2D eigenvalue weighted by molar-refractivity contribution is -0.121. The minimum absolute atomic E-state index is 0.203. The summed E-state index contributed by atoms with van der Waals surface area (Å²) in [7, 11) is 1.56. The Labute approximate surface area is 67.4 Å². The maximum absolute atomic E-state index is 10.8. The first kappa shape index (κ1) is 10.2. The van der Waals surface area contributed by atoms with Crippen LogP contribution in [0.25, 0.3) is 0 Å². The Hall–Kier alpha value is -0.830. The van der Waals surface area contributed by atoms with Crippen molar-refractivity contribution in [3.05, 3.63) is 12.7 Å². The van der Waals surface area contributed by atoms with Crippen molar-refractivity contribution >= 4 is 5.91 Å². The van der Waals surface area contributed by atoms with Crippen LogP contribution in [0.4, 0.5) is 0 Å². The largest absolute Gasteiger partial charge is 0.361 e. The smallest absolute Gasteiger partial charge is 0.245 e. The van der Waals surface area contributed by atoms with Gasteiger partial charge in [0.25, 0.3) is 0 Å². The summed E-state index contributed by atoms with van der Waals surface area (Å²) in [4.78, 5) is 10.8. The fourth-order valence-corrected chi connectivity index (χ4v) is 0.697. The Balaban J connectivity index is 3.87. The van der Waals surface area contributed by atoms with E-state index in [0.717, 1.165) is 0 Å². The third kappa shape index (κ3) is 3.78. The van der Waals surface area contributed by atoms with E-state index in [0.29, 0.717) is 0 Å². The molecule has 1 amide bonds. The quantitative estimate of drug-likeness (QED) is 0.486. The Kier molecular flexibility index (Phi) is 4.54. The molecule has 0 aliphatic carbocycles. The van der Waals surface area contributed by atoms with Gasteiger partial charge in [0.2, 0.25) is 5.91 Å². The Morgan fingerprint density at radius 1 is 1.64 bits per heavy atom. The number of carbonyl (C=O) groups excluding carboxylic acids is 1. The molecule has 0 aromatic heterocycles. The molecular formula is C8H15NO2. The van der Waals surface area contributed by atoms with Gasteiger partial charge < -0.3 is 10.1 Å². The van der Waals surface area contributed by atoms with Crippen LogP contribution < -0.4 is 5.32 Å². The monoisotopic (exact) mass is 157 g/mol. The molecule has 64 valence electrons. The summed E-state index contributed by atoms with van der Waals surface area (Å²) in [5.74, 6) is 0.0643. The molecule has 3 heteroatoms. The van der Waals surface area contributed by atoms with Gasteiger partial charge in [0.05, 0.1) is 0 Å². The number of hydrogen-bond acceptors (Lipinski definition) is 2. The lowest BCUT2D eigenvalue weighted by Gasteiger charge is -2.19. The van der Waals surface area contributed by atoms with Crippen LogP contribution in [0.2, 0.25) is 0 Å². The molecule has 0 saturated heterocycles. The minimum atomic E-state index is -0.222. The van der Waals surface area contributed by atoms with Crippen molar-refractivity contribution in [2.24, 2.45) is 5.92 Å². The Morgan fingerprint density at radius 3 is 2.45 bits per heavy atom. The number of amides is 1. The summed E-state index contributed by atoms with van der Waals surface area (Å²) >= 11 is 0. The topological polar surface area (TPSA) is 38.3 Å². The SMILES string of the molecule is C=CC(=O)NC(OC)C(C)C. The second-order valence-electron chi connectivity index (χ2n) is 2.61. The summed E-state index contributed by atoms with van der Waals surface area (Å²) in [5.41, 5.74) is 0. The standard InChI is InChI=1S/C8H15NO2/c1-5-7(10)9-8(11-4)6(2)3/h5-6,8H,1H2,2-4H3,(H,9,10). The van der Waals surface area contributed by atoms with Crippen molar-refractivity contribution in [3.8, 4) is 0 Å². The second-order valence-corrected chi connectivity index (χ2v) is 2.61. The van der Waals surface area contributed by atoms with Gasteiger partial charge in [0.1, 0.15) is 6.23 Å². The van der Waals surface area contributed by atoms with Gasteiger partial charge in [0, 0.05) is 7.11 Å². The molecule has 0 bridgehead atoms. The normalized spacial score (nSPS) is 12.7. The van der Waals surface area contributed by atoms with Crippen molar-refractivity contribution in [1.82, 2.24) is 5.32 Å². The first-order chi connectivity index (χ1) is 5.11. The van der Waals surface area contributed by atoms with Crippen molar-refractivity contribution in [1.29, 1.82) is 0 Å². The van der Waals surface area contributed by atoms with Gasteiger partial charge in [-0.15, -0.1) is 0 Å². The number of ether oxygens (including phenoxy) is 1. The second kappa shape index (κ2) is 4.91. The molecular weight excluding hydrogens is 142 g/mol. The zero-order valence-corrected chi connectivity index (χ0v) is 7.26. The van der Waals surface area contributed by atoms with Gasteiger partial charge >= 0.3 is 0 Å². The number of methoxy groups -OCH3 is 1. The average molecular weight is 157 g/mol. The summed E-state index contributed by atoms with van der Waals surface area (Å²) < 4.78 is 5.00. The van der Waals surface area contributed by atoms with Crippen LogP contribution in [0, 0.1) is 5.92 Å². The molecule has 0 rings (SSSR count). The molecule has 0 heterocycles. The van der Waals surface area contributed by atoms with Crippen LogP contribution in [-0.4, -0.2) is 19.2 Å². The maximum Gasteiger partial charge on any atom is 0.245 e. The van der Waals surface area contributed by atoms with E-state index in [1.54, 1.807) is 7.11 Å². The highest BCUT2D eigenvalue weighted by molar-refractivity contribution is 5.86. The highest BCUT2D eigenvalue weighted by atomic mass is 16.5. The molecule has 0 aliphatic heterocycles. The molecule has 1 N–H and O–H groups in total. The van der Waals surface area contributed by atoms with E-state index in [4.69, 9.17) is 4.74 Å². The third-order valence-electron chi connectivity index (χ3n) is 1.33. The summed E-state index contributed by atoms with van der Waals surface area (Å²) in [6, 6.07) is 0. The van der Waals surface area contributed by atoms with E-state index in [1.807, 2.05) is 13.8 Å². The Bertz CT molecular complexity index is 143. The highest BCUT2D eigenvalue weighted by Gasteiger charge is 2.12.